The molecule has 0 saturated carbocycles. The van der Waals surface area contributed by atoms with Gasteiger partial charge in [0.1, 0.15) is 16.8 Å². The molecule has 0 aliphatic heterocycles. The number of hydrogen-bond donors (Lipinski definition) is 0. The van der Waals surface area contributed by atoms with Crippen LogP contribution in [0.15, 0.2) is 85.1 Å². The zero-order valence-electron chi connectivity index (χ0n) is 17.1. The van der Waals surface area contributed by atoms with Crippen molar-refractivity contribution >= 4 is 38.9 Å². The topological polar surface area (TPSA) is 97.6 Å². The highest BCUT2D eigenvalue weighted by molar-refractivity contribution is 7.19. The van der Waals surface area contributed by atoms with Crippen LogP contribution in [0, 0.1) is 21.4 Å². The Morgan fingerprint density at radius 2 is 1.85 bits per heavy atom. The van der Waals surface area contributed by atoms with Gasteiger partial charge >= 0.3 is 0 Å². The summed E-state index contributed by atoms with van der Waals surface area (Å²) < 4.78 is 2.69. The average molecular weight is 449 g/mol. The highest BCUT2D eigenvalue weighted by atomic mass is 32.1. The van der Waals surface area contributed by atoms with Gasteiger partial charge in [0.15, 0.2) is 0 Å². The fourth-order valence-electron chi connectivity index (χ4n) is 3.48. The number of nitrogens with zero attached hydrogens (tertiary/aromatic N) is 5. The van der Waals surface area contributed by atoms with Crippen LogP contribution in [0.4, 0.5) is 5.69 Å². The minimum Gasteiger partial charge on any atom is -0.258 e. The molecule has 0 N–H and O–H groups in total. The smallest absolute Gasteiger partial charge is 0.258 e. The zero-order chi connectivity index (χ0) is 22.8. The van der Waals surface area contributed by atoms with Gasteiger partial charge in [-0.3, -0.25) is 10.1 Å². The van der Waals surface area contributed by atoms with Crippen LogP contribution in [-0.2, 0) is 0 Å². The minimum absolute atomic E-state index is 0.0247. The molecule has 0 saturated heterocycles. The molecule has 8 heteroatoms. The summed E-state index contributed by atoms with van der Waals surface area (Å²) >= 11 is 1.44. The van der Waals surface area contributed by atoms with E-state index in [0.717, 1.165) is 15.9 Å². The van der Waals surface area contributed by atoms with Crippen LogP contribution in [0.2, 0.25) is 0 Å². The number of rotatable bonds is 5. The molecule has 0 unspecified atom stereocenters. The third-order valence-electron chi connectivity index (χ3n) is 5.04. The fourth-order valence-corrected chi connectivity index (χ4v) is 4.41. The molecule has 3 aromatic carbocycles. The van der Waals surface area contributed by atoms with E-state index in [1.54, 1.807) is 22.9 Å². The molecule has 33 heavy (non-hydrogen) atoms. The standard InChI is InChI=1S/C25H15N5O2S/c26-15-18(25-27-22-11-4-5-12-23(22)33-25)13-19-16-29(20-8-2-1-3-9-20)28-24(19)17-7-6-10-21(14-17)30(31)32/h1-14,16H/b18-13+. The number of hydrogen-bond acceptors (Lipinski definition) is 6. The van der Waals surface area contributed by atoms with Crippen molar-refractivity contribution in [3.63, 3.8) is 0 Å². The Kier molecular flexibility index (Phi) is 5.23. The van der Waals surface area contributed by atoms with Crippen molar-refractivity contribution < 1.29 is 4.92 Å². The normalized spacial score (nSPS) is 11.4. The van der Waals surface area contributed by atoms with E-state index < -0.39 is 4.92 Å². The Hall–Kier alpha value is -4.61. The summed E-state index contributed by atoms with van der Waals surface area (Å²) in [7, 11) is 0. The molecule has 7 nitrogen and oxygen atoms in total. The second-order valence-electron chi connectivity index (χ2n) is 7.18. The maximum Gasteiger partial charge on any atom is 0.270 e. The molecule has 158 valence electrons. The SMILES string of the molecule is N#C/C(=C\c1cn(-c2ccccc2)nc1-c1cccc([N+](=O)[O-])c1)c1nc2ccccc2s1. The van der Waals surface area contributed by atoms with Gasteiger partial charge in [-0.25, -0.2) is 9.67 Å². The number of benzene rings is 3. The van der Waals surface area contributed by atoms with Gasteiger partial charge in [-0.15, -0.1) is 11.3 Å². The van der Waals surface area contributed by atoms with Gasteiger partial charge < -0.3 is 0 Å². The lowest BCUT2D eigenvalue weighted by Gasteiger charge is -2.01. The molecule has 0 aliphatic rings. The van der Waals surface area contributed by atoms with Gasteiger partial charge in [0.2, 0.25) is 0 Å². The third kappa shape index (κ3) is 4.01. The van der Waals surface area contributed by atoms with Gasteiger partial charge in [0.05, 0.1) is 26.4 Å². The van der Waals surface area contributed by atoms with E-state index >= 15 is 0 Å². The van der Waals surface area contributed by atoms with Crippen LogP contribution in [0.3, 0.4) is 0 Å². The summed E-state index contributed by atoms with van der Waals surface area (Å²) in [6.07, 6.45) is 3.55. The Labute approximate surface area is 192 Å². The fraction of sp³-hybridized carbons (Fsp3) is 0. The molecule has 5 aromatic rings. The summed E-state index contributed by atoms with van der Waals surface area (Å²) in [4.78, 5) is 15.5. The van der Waals surface area contributed by atoms with E-state index in [9.17, 15) is 15.4 Å². The van der Waals surface area contributed by atoms with Crippen LogP contribution in [-0.4, -0.2) is 19.7 Å². The summed E-state index contributed by atoms with van der Waals surface area (Å²) in [6, 6.07) is 25.8. The molecular weight excluding hydrogens is 434 g/mol. The van der Waals surface area contributed by atoms with Crippen molar-refractivity contribution in [1.29, 1.82) is 5.26 Å². The lowest BCUT2D eigenvalue weighted by Crippen LogP contribution is -1.94. The van der Waals surface area contributed by atoms with Crippen molar-refractivity contribution in [3.8, 4) is 23.0 Å². The summed E-state index contributed by atoms with van der Waals surface area (Å²) in [5.41, 5.74) is 3.83. The largest absolute Gasteiger partial charge is 0.270 e. The predicted molar refractivity (Wildman–Crippen MR) is 129 cm³/mol. The average Bonchev–Trinajstić information content (AvgIpc) is 3.47. The minimum atomic E-state index is -0.435. The Morgan fingerprint density at radius 1 is 1.06 bits per heavy atom. The molecule has 0 atom stereocenters. The first-order valence-electron chi connectivity index (χ1n) is 10.00. The van der Waals surface area contributed by atoms with Crippen molar-refractivity contribution in [1.82, 2.24) is 14.8 Å². The molecule has 0 fully saturated rings. The quantitative estimate of drug-likeness (QED) is 0.183. The Morgan fingerprint density at radius 3 is 2.61 bits per heavy atom. The van der Waals surface area contributed by atoms with Crippen LogP contribution in [0.25, 0.3) is 38.8 Å². The molecular formula is C25H15N5O2S. The summed E-state index contributed by atoms with van der Waals surface area (Å²) in [5, 5.41) is 26.5. The van der Waals surface area contributed by atoms with Crippen molar-refractivity contribution in [3.05, 3.63) is 106 Å². The molecule has 0 radical (unpaired) electrons. The summed E-state index contributed by atoms with van der Waals surface area (Å²) in [5.74, 6) is 0. The van der Waals surface area contributed by atoms with Crippen LogP contribution in [0.1, 0.15) is 10.6 Å². The highest BCUT2D eigenvalue weighted by Gasteiger charge is 2.16. The maximum atomic E-state index is 11.3. The Balaban J connectivity index is 1.68. The lowest BCUT2D eigenvalue weighted by molar-refractivity contribution is -0.384. The van der Waals surface area contributed by atoms with Crippen LogP contribution in [0.5, 0.6) is 0 Å². The first-order chi connectivity index (χ1) is 16.1. The van der Waals surface area contributed by atoms with Crippen molar-refractivity contribution in [2.24, 2.45) is 0 Å². The second-order valence-corrected chi connectivity index (χ2v) is 8.21. The number of fused-ring (bicyclic) bond motifs is 1. The summed E-state index contributed by atoms with van der Waals surface area (Å²) in [6.45, 7) is 0. The first kappa shape index (κ1) is 20.3. The molecule has 0 bridgehead atoms. The molecule has 0 spiro atoms. The first-order valence-corrected chi connectivity index (χ1v) is 10.8. The van der Waals surface area contributed by atoms with E-state index in [1.165, 1.54) is 23.5 Å². The second kappa shape index (κ2) is 8.49. The molecule has 0 aliphatic carbocycles. The highest BCUT2D eigenvalue weighted by Crippen LogP contribution is 2.32. The predicted octanol–water partition coefficient (Wildman–Crippen LogP) is 6.12. The number of thiazole rings is 1. The number of non-ortho nitro benzene ring substituents is 1. The van der Waals surface area contributed by atoms with E-state index in [1.807, 2.05) is 60.8 Å². The number of para-hydroxylation sites is 2. The maximum absolute atomic E-state index is 11.3. The van der Waals surface area contributed by atoms with E-state index in [4.69, 9.17) is 5.10 Å². The molecule has 2 aromatic heterocycles. The molecule has 2 heterocycles. The van der Waals surface area contributed by atoms with Crippen molar-refractivity contribution in [2.75, 3.05) is 0 Å². The lowest BCUT2D eigenvalue weighted by atomic mass is 10.1. The monoisotopic (exact) mass is 449 g/mol. The number of nitriles is 1. The number of aromatic nitrogens is 3. The number of nitro benzene ring substituents is 1. The van der Waals surface area contributed by atoms with Gasteiger partial charge in [0.25, 0.3) is 5.69 Å². The molecule has 5 rings (SSSR count). The van der Waals surface area contributed by atoms with Crippen LogP contribution >= 0.6 is 11.3 Å². The van der Waals surface area contributed by atoms with Crippen molar-refractivity contribution in [2.45, 2.75) is 0 Å². The van der Waals surface area contributed by atoms with Gasteiger partial charge in [-0.05, 0) is 30.3 Å². The van der Waals surface area contributed by atoms with Gasteiger partial charge in [-0.2, -0.15) is 10.4 Å². The van der Waals surface area contributed by atoms with E-state index in [-0.39, 0.29) is 5.69 Å². The number of allylic oxidation sites excluding steroid dienone is 1. The van der Waals surface area contributed by atoms with E-state index in [2.05, 4.69) is 11.1 Å². The van der Waals surface area contributed by atoms with E-state index in [0.29, 0.717) is 27.4 Å². The zero-order valence-corrected chi connectivity index (χ0v) is 17.9. The van der Waals surface area contributed by atoms with Gasteiger partial charge in [-0.1, -0.05) is 42.5 Å². The van der Waals surface area contributed by atoms with Crippen LogP contribution < -0.4 is 0 Å². The Bertz CT molecular complexity index is 1530. The number of nitro groups is 1. The molecule has 0 amide bonds. The van der Waals surface area contributed by atoms with Gasteiger partial charge in [0, 0.05) is 29.5 Å². The third-order valence-corrected chi connectivity index (χ3v) is 6.11.